The molecule has 0 radical (unpaired) electrons. The van der Waals surface area contributed by atoms with Crippen molar-refractivity contribution in [2.24, 2.45) is 0 Å². The number of esters is 1. The summed E-state index contributed by atoms with van der Waals surface area (Å²) in [5.41, 5.74) is 0.671. The van der Waals surface area contributed by atoms with Crippen molar-refractivity contribution >= 4 is 17.6 Å². The van der Waals surface area contributed by atoms with Crippen LogP contribution in [-0.4, -0.2) is 25.0 Å². The van der Waals surface area contributed by atoms with E-state index in [1.165, 1.54) is 4.90 Å². The third-order valence-corrected chi connectivity index (χ3v) is 2.35. The average molecular weight is 258 g/mol. The largest absolute Gasteiger partial charge is 0.465 e. The number of para-hydroxylation sites is 1. The Morgan fingerprint density at radius 1 is 1.47 bits per heavy atom. The molecule has 98 valence electrons. The van der Waals surface area contributed by atoms with Gasteiger partial charge >= 0.3 is 5.97 Å². The van der Waals surface area contributed by atoms with Crippen molar-refractivity contribution in [1.82, 2.24) is 0 Å². The highest BCUT2D eigenvalue weighted by Gasteiger charge is 2.20. The van der Waals surface area contributed by atoms with Gasteiger partial charge in [0.2, 0.25) is 0 Å². The number of ether oxygens (including phenoxy) is 1. The van der Waals surface area contributed by atoms with E-state index in [-0.39, 0.29) is 13.2 Å². The lowest BCUT2D eigenvalue weighted by Gasteiger charge is -2.21. The van der Waals surface area contributed by atoms with E-state index in [1.807, 2.05) is 6.07 Å². The SMILES string of the molecule is C=CC(=O)N(CC(=O)OCC)c1ccccc1C#N. The Kier molecular flexibility index (Phi) is 5.30. The standard InChI is InChI=1S/C14H14N2O3/c1-3-13(17)16(10-14(18)19-4-2)12-8-6-5-7-11(12)9-15/h3,5-8H,1,4,10H2,2H3. The first-order valence-electron chi connectivity index (χ1n) is 5.72. The molecule has 5 heteroatoms. The lowest BCUT2D eigenvalue weighted by Crippen LogP contribution is -2.35. The molecule has 1 aromatic carbocycles. The molecule has 0 aliphatic rings. The highest BCUT2D eigenvalue weighted by Crippen LogP contribution is 2.20. The van der Waals surface area contributed by atoms with Gasteiger partial charge in [0.05, 0.1) is 17.9 Å². The van der Waals surface area contributed by atoms with Crippen molar-refractivity contribution < 1.29 is 14.3 Å². The maximum absolute atomic E-state index is 11.8. The quantitative estimate of drug-likeness (QED) is 0.594. The summed E-state index contributed by atoms with van der Waals surface area (Å²) in [4.78, 5) is 24.5. The summed E-state index contributed by atoms with van der Waals surface area (Å²) >= 11 is 0. The van der Waals surface area contributed by atoms with E-state index in [9.17, 15) is 9.59 Å². The van der Waals surface area contributed by atoms with Gasteiger partial charge in [-0.1, -0.05) is 18.7 Å². The molecule has 0 heterocycles. The Morgan fingerprint density at radius 2 is 2.16 bits per heavy atom. The van der Waals surface area contributed by atoms with Gasteiger partial charge < -0.3 is 4.74 Å². The average Bonchev–Trinajstić information content (AvgIpc) is 2.44. The number of nitriles is 1. The Labute approximate surface area is 111 Å². The van der Waals surface area contributed by atoms with E-state index >= 15 is 0 Å². The van der Waals surface area contributed by atoms with Crippen molar-refractivity contribution in [1.29, 1.82) is 5.26 Å². The monoisotopic (exact) mass is 258 g/mol. The van der Waals surface area contributed by atoms with Crippen LogP contribution < -0.4 is 4.90 Å². The molecule has 0 fully saturated rings. The summed E-state index contributed by atoms with van der Waals surface area (Å²) in [7, 11) is 0. The lowest BCUT2D eigenvalue weighted by atomic mass is 10.1. The minimum absolute atomic E-state index is 0.231. The molecular formula is C14H14N2O3. The smallest absolute Gasteiger partial charge is 0.326 e. The number of carbonyl (C=O) groups excluding carboxylic acids is 2. The third kappa shape index (κ3) is 3.68. The van der Waals surface area contributed by atoms with Gasteiger partial charge in [-0.15, -0.1) is 0 Å². The van der Waals surface area contributed by atoms with E-state index in [0.717, 1.165) is 6.08 Å². The maximum Gasteiger partial charge on any atom is 0.326 e. The number of benzene rings is 1. The van der Waals surface area contributed by atoms with Gasteiger partial charge in [-0.05, 0) is 25.1 Å². The van der Waals surface area contributed by atoms with Crippen LogP contribution in [0, 0.1) is 11.3 Å². The summed E-state index contributed by atoms with van der Waals surface area (Å²) in [6.07, 6.45) is 1.09. The number of hydrogen-bond acceptors (Lipinski definition) is 4. The van der Waals surface area contributed by atoms with Gasteiger partial charge in [0.15, 0.2) is 0 Å². The van der Waals surface area contributed by atoms with Gasteiger partial charge in [0.1, 0.15) is 12.6 Å². The zero-order valence-electron chi connectivity index (χ0n) is 10.6. The minimum Gasteiger partial charge on any atom is -0.465 e. The highest BCUT2D eigenvalue weighted by molar-refractivity contribution is 6.04. The maximum atomic E-state index is 11.8. The molecule has 1 amide bonds. The molecule has 1 aromatic rings. The molecule has 0 bridgehead atoms. The summed E-state index contributed by atoms with van der Waals surface area (Å²) in [6.45, 7) is 5.05. The Morgan fingerprint density at radius 3 is 2.74 bits per heavy atom. The number of amides is 1. The van der Waals surface area contributed by atoms with Crippen molar-refractivity contribution in [3.63, 3.8) is 0 Å². The molecule has 1 rings (SSSR count). The fourth-order valence-corrected chi connectivity index (χ4v) is 1.53. The molecule has 0 spiro atoms. The predicted octanol–water partition coefficient (Wildman–Crippen LogP) is 1.64. The topological polar surface area (TPSA) is 70.4 Å². The summed E-state index contributed by atoms with van der Waals surface area (Å²) in [5.74, 6) is -0.999. The number of hydrogen-bond donors (Lipinski definition) is 0. The minimum atomic E-state index is -0.537. The van der Waals surface area contributed by atoms with Crippen LogP contribution in [0.2, 0.25) is 0 Å². The first kappa shape index (κ1) is 14.5. The van der Waals surface area contributed by atoms with Gasteiger partial charge in [-0.2, -0.15) is 5.26 Å². The Hall–Kier alpha value is -2.61. The zero-order valence-corrected chi connectivity index (χ0v) is 10.6. The first-order valence-corrected chi connectivity index (χ1v) is 5.72. The van der Waals surface area contributed by atoms with Crippen molar-refractivity contribution in [2.45, 2.75) is 6.92 Å². The van der Waals surface area contributed by atoms with E-state index in [1.54, 1.807) is 31.2 Å². The second kappa shape index (κ2) is 6.97. The molecule has 0 unspecified atom stereocenters. The Balaban J connectivity index is 3.10. The second-order valence-corrected chi connectivity index (χ2v) is 3.56. The van der Waals surface area contributed by atoms with Crippen LogP contribution in [0.1, 0.15) is 12.5 Å². The summed E-state index contributed by atoms with van der Waals surface area (Å²) in [6, 6.07) is 8.52. The van der Waals surface area contributed by atoms with Crippen LogP contribution in [0.15, 0.2) is 36.9 Å². The summed E-state index contributed by atoms with van der Waals surface area (Å²) < 4.78 is 4.81. The van der Waals surface area contributed by atoms with Gasteiger partial charge in [-0.25, -0.2) is 0 Å². The number of anilines is 1. The van der Waals surface area contributed by atoms with Crippen LogP contribution in [0.4, 0.5) is 5.69 Å². The molecular weight excluding hydrogens is 244 g/mol. The molecule has 0 aromatic heterocycles. The van der Waals surface area contributed by atoms with Crippen molar-refractivity contribution in [2.75, 3.05) is 18.1 Å². The van der Waals surface area contributed by atoms with Crippen molar-refractivity contribution in [3.8, 4) is 6.07 Å². The number of nitrogens with zero attached hydrogens (tertiary/aromatic N) is 2. The zero-order chi connectivity index (χ0) is 14.3. The van der Waals surface area contributed by atoms with Crippen LogP contribution in [0.5, 0.6) is 0 Å². The summed E-state index contributed by atoms with van der Waals surface area (Å²) in [5, 5.41) is 9.03. The lowest BCUT2D eigenvalue weighted by molar-refractivity contribution is -0.142. The molecule has 0 aliphatic heterocycles. The molecule has 0 saturated carbocycles. The number of rotatable bonds is 5. The van der Waals surface area contributed by atoms with Crippen molar-refractivity contribution in [3.05, 3.63) is 42.5 Å². The fraction of sp³-hybridized carbons (Fsp3) is 0.214. The van der Waals surface area contributed by atoms with Crippen LogP contribution >= 0.6 is 0 Å². The second-order valence-electron chi connectivity index (χ2n) is 3.56. The molecule has 5 nitrogen and oxygen atoms in total. The third-order valence-electron chi connectivity index (χ3n) is 2.35. The first-order chi connectivity index (χ1) is 9.13. The molecule has 0 N–H and O–H groups in total. The van der Waals surface area contributed by atoms with E-state index < -0.39 is 11.9 Å². The molecule has 19 heavy (non-hydrogen) atoms. The number of carbonyl (C=O) groups is 2. The molecule has 0 aliphatic carbocycles. The van der Waals surface area contributed by atoms with Crippen LogP contribution in [0.3, 0.4) is 0 Å². The van der Waals surface area contributed by atoms with Gasteiger partial charge in [0, 0.05) is 0 Å². The van der Waals surface area contributed by atoms with E-state index in [4.69, 9.17) is 10.00 Å². The van der Waals surface area contributed by atoms with Gasteiger partial charge in [0.25, 0.3) is 5.91 Å². The Bertz CT molecular complexity index is 532. The predicted molar refractivity (Wildman–Crippen MR) is 70.3 cm³/mol. The normalized spacial score (nSPS) is 9.26. The molecule has 0 atom stereocenters. The van der Waals surface area contributed by atoms with Crippen LogP contribution in [-0.2, 0) is 14.3 Å². The highest BCUT2D eigenvalue weighted by atomic mass is 16.5. The van der Waals surface area contributed by atoms with Crippen LogP contribution in [0.25, 0.3) is 0 Å². The van der Waals surface area contributed by atoms with Gasteiger partial charge in [-0.3, -0.25) is 14.5 Å². The van der Waals surface area contributed by atoms with E-state index in [0.29, 0.717) is 11.3 Å². The van der Waals surface area contributed by atoms with E-state index in [2.05, 4.69) is 6.58 Å². The molecule has 0 saturated heterocycles. The fourth-order valence-electron chi connectivity index (χ4n) is 1.53.